The number of nitrogens with zero attached hydrogens (tertiary/aromatic N) is 3. The molecule has 7 nitrogen and oxygen atoms in total. The highest BCUT2D eigenvalue weighted by molar-refractivity contribution is 7.89. The van der Waals surface area contributed by atoms with Crippen molar-refractivity contribution < 1.29 is 17.9 Å². The molecule has 0 fully saturated rings. The summed E-state index contributed by atoms with van der Waals surface area (Å²) in [6.45, 7) is 1.00. The van der Waals surface area contributed by atoms with E-state index in [4.69, 9.17) is 21.1 Å². The molecule has 0 amide bonds. The van der Waals surface area contributed by atoms with Crippen molar-refractivity contribution in [3.8, 4) is 0 Å². The molecular formula is C10H18ClN3O4S. The van der Waals surface area contributed by atoms with Gasteiger partial charge in [0, 0.05) is 34.4 Å². The number of hydrogen-bond acceptors (Lipinski definition) is 5. The summed E-state index contributed by atoms with van der Waals surface area (Å²) in [5.41, 5.74) is 0. The normalized spacial score (nSPS) is 12.3. The quantitative estimate of drug-likeness (QED) is 0.693. The maximum atomic E-state index is 12.4. The average molecular weight is 312 g/mol. The molecule has 1 aromatic heterocycles. The Bertz CT molecular complexity index is 495. The van der Waals surface area contributed by atoms with Gasteiger partial charge in [0.25, 0.3) is 10.0 Å². The van der Waals surface area contributed by atoms with Crippen LogP contribution in [0.4, 0.5) is 0 Å². The van der Waals surface area contributed by atoms with Crippen LogP contribution in [0.15, 0.2) is 11.4 Å². The highest BCUT2D eigenvalue weighted by Gasteiger charge is 2.29. The zero-order valence-electron chi connectivity index (χ0n) is 11.2. The van der Waals surface area contributed by atoms with Gasteiger partial charge in [0.2, 0.25) is 5.03 Å². The number of methoxy groups -OCH3 is 2. The lowest BCUT2D eigenvalue weighted by Gasteiger charge is -2.20. The van der Waals surface area contributed by atoms with E-state index >= 15 is 0 Å². The second-order valence-electron chi connectivity index (χ2n) is 3.84. The Morgan fingerprint density at radius 3 is 2.21 bits per heavy atom. The van der Waals surface area contributed by atoms with E-state index in [1.54, 1.807) is 7.05 Å². The first kappa shape index (κ1) is 16.4. The zero-order valence-corrected chi connectivity index (χ0v) is 12.7. The second kappa shape index (κ2) is 7.20. The summed E-state index contributed by atoms with van der Waals surface area (Å²) in [7, 11) is 0.900. The number of ether oxygens (including phenoxy) is 2. The lowest BCUT2D eigenvalue weighted by Crippen LogP contribution is -2.36. The van der Waals surface area contributed by atoms with E-state index in [1.165, 1.54) is 29.4 Å². The molecule has 1 heterocycles. The molecule has 0 aliphatic rings. The molecule has 110 valence electrons. The molecule has 0 radical (unpaired) electrons. The maximum Gasteiger partial charge on any atom is 0.263 e. The molecule has 0 unspecified atom stereocenters. The van der Waals surface area contributed by atoms with Gasteiger partial charge < -0.3 is 14.0 Å². The van der Waals surface area contributed by atoms with Crippen molar-refractivity contribution in [2.75, 3.05) is 40.5 Å². The average Bonchev–Trinajstić information content (AvgIpc) is 2.70. The maximum absolute atomic E-state index is 12.4. The Kier molecular flexibility index (Phi) is 6.21. The number of rotatable bonds is 8. The largest absolute Gasteiger partial charge is 0.383 e. The van der Waals surface area contributed by atoms with Gasteiger partial charge >= 0.3 is 0 Å². The van der Waals surface area contributed by atoms with Crippen LogP contribution in [0, 0.1) is 0 Å². The fourth-order valence-electron chi connectivity index (χ4n) is 1.43. The summed E-state index contributed by atoms with van der Waals surface area (Å²) in [4.78, 5) is 3.84. The van der Waals surface area contributed by atoms with Gasteiger partial charge in [0.15, 0.2) is 0 Å². The topological polar surface area (TPSA) is 73.7 Å². The van der Waals surface area contributed by atoms with Crippen molar-refractivity contribution >= 4 is 21.6 Å². The van der Waals surface area contributed by atoms with Crippen LogP contribution in [-0.2, 0) is 26.5 Å². The van der Waals surface area contributed by atoms with E-state index in [0.29, 0.717) is 0 Å². The number of aryl methyl sites for hydroxylation is 1. The van der Waals surface area contributed by atoms with Crippen molar-refractivity contribution in [1.29, 1.82) is 0 Å². The number of hydrogen-bond donors (Lipinski definition) is 0. The first-order valence-electron chi connectivity index (χ1n) is 5.60. The molecule has 0 aliphatic carbocycles. The summed E-state index contributed by atoms with van der Waals surface area (Å²) >= 11 is 5.94. The molecule has 0 atom stereocenters. The van der Waals surface area contributed by atoms with Crippen LogP contribution in [0.1, 0.15) is 0 Å². The summed E-state index contributed by atoms with van der Waals surface area (Å²) in [5, 5.41) is -0.0660. The monoisotopic (exact) mass is 311 g/mol. The van der Waals surface area contributed by atoms with Gasteiger partial charge in [0.05, 0.1) is 19.5 Å². The molecule has 19 heavy (non-hydrogen) atoms. The summed E-state index contributed by atoms with van der Waals surface area (Å²) in [5.74, 6) is 0. The summed E-state index contributed by atoms with van der Waals surface area (Å²) < 4.78 is 37.4. The van der Waals surface area contributed by atoms with E-state index in [-0.39, 0.29) is 36.5 Å². The molecule has 0 aromatic carbocycles. The molecule has 1 rings (SSSR count). The van der Waals surface area contributed by atoms with Gasteiger partial charge in [0.1, 0.15) is 5.15 Å². The Morgan fingerprint density at radius 2 is 1.84 bits per heavy atom. The Morgan fingerprint density at radius 1 is 1.32 bits per heavy atom. The van der Waals surface area contributed by atoms with Gasteiger partial charge in [-0.2, -0.15) is 4.31 Å². The van der Waals surface area contributed by atoms with E-state index in [1.807, 2.05) is 0 Å². The van der Waals surface area contributed by atoms with E-state index < -0.39 is 10.0 Å². The standard InChI is InChI=1S/C10H18ClN3O4S/c1-13-8-12-10(9(13)11)19(15,16)14(4-6-17-2)5-7-18-3/h8H,4-7H2,1-3H3. The van der Waals surface area contributed by atoms with Crippen LogP contribution in [0.25, 0.3) is 0 Å². The van der Waals surface area contributed by atoms with Crippen LogP contribution in [-0.4, -0.2) is 62.8 Å². The van der Waals surface area contributed by atoms with Crippen molar-refractivity contribution in [2.24, 2.45) is 7.05 Å². The Hall–Kier alpha value is -0.670. The lowest BCUT2D eigenvalue weighted by molar-refractivity contribution is 0.150. The third-order valence-electron chi connectivity index (χ3n) is 2.51. The number of sulfonamides is 1. The van der Waals surface area contributed by atoms with Crippen molar-refractivity contribution in [3.63, 3.8) is 0 Å². The van der Waals surface area contributed by atoms with Crippen LogP contribution in [0.5, 0.6) is 0 Å². The highest BCUT2D eigenvalue weighted by atomic mass is 35.5. The van der Waals surface area contributed by atoms with Gasteiger partial charge in [-0.1, -0.05) is 11.6 Å². The van der Waals surface area contributed by atoms with Crippen LogP contribution < -0.4 is 0 Å². The summed E-state index contributed by atoms with van der Waals surface area (Å²) in [6.07, 6.45) is 1.36. The third kappa shape index (κ3) is 3.90. The first-order valence-corrected chi connectivity index (χ1v) is 7.41. The smallest absolute Gasteiger partial charge is 0.263 e. The number of imidazole rings is 1. The predicted octanol–water partition coefficient (Wildman–Crippen LogP) is 0.357. The second-order valence-corrected chi connectivity index (χ2v) is 6.05. The van der Waals surface area contributed by atoms with Gasteiger partial charge in [-0.3, -0.25) is 0 Å². The van der Waals surface area contributed by atoms with E-state index in [0.717, 1.165) is 0 Å². The van der Waals surface area contributed by atoms with Crippen molar-refractivity contribution in [1.82, 2.24) is 13.9 Å². The summed E-state index contributed by atoms with van der Waals surface area (Å²) in [6, 6.07) is 0. The highest BCUT2D eigenvalue weighted by Crippen LogP contribution is 2.22. The van der Waals surface area contributed by atoms with Crippen molar-refractivity contribution in [3.05, 3.63) is 11.5 Å². The molecule has 0 saturated carbocycles. The van der Waals surface area contributed by atoms with Crippen LogP contribution in [0.3, 0.4) is 0 Å². The van der Waals surface area contributed by atoms with E-state index in [2.05, 4.69) is 4.98 Å². The fraction of sp³-hybridized carbons (Fsp3) is 0.700. The molecule has 0 N–H and O–H groups in total. The minimum atomic E-state index is -3.75. The van der Waals surface area contributed by atoms with Crippen molar-refractivity contribution in [2.45, 2.75) is 5.03 Å². The van der Waals surface area contributed by atoms with Crippen LogP contribution >= 0.6 is 11.6 Å². The molecule has 0 aliphatic heterocycles. The van der Waals surface area contributed by atoms with Gasteiger partial charge in [-0.15, -0.1) is 0 Å². The molecule has 0 saturated heterocycles. The molecule has 0 bridgehead atoms. The van der Waals surface area contributed by atoms with Gasteiger partial charge in [-0.05, 0) is 0 Å². The van der Waals surface area contributed by atoms with Crippen LogP contribution in [0.2, 0.25) is 5.15 Å². The Labute approximate surface area is 118 Å². The molecule has 1 aromatic rings. The van der Waals surface area contributed by atoms with Gasteiger partial charge in [-0.25, -0.2) is 13.4 Å². The number of halogens is 1. The number of aromatic nitrogens is 2. The minimum Gasteiger partial charge on any atom is -0.383 e. The molecule has 0 spiro atoms. The first-order chi connectivity index (χ1) is 8.95. The fourth-order valence-corrected chi connectivity index (χ4v) is 3.22. The SMILES string of the molecule is COCCN(CCOC)S(=O)(=O)c1ncn(C)c1Cl. The van der Waals surface area contributed by atoms with E-state index in [9.17, 15) is 8.42 Å². The molecular weight excluding hydrogens is 294 g/mol. The minimum absolute atomic E-state index is 0.0832. The predicted molar refractivity (Wildman–Crippen MR) is 70.7 cm³/mol. The molecule has 9 heteroatoms. The third-order valence-corrected chi connectivity index (χ3v) is 4.90. The zero-order chi connectivity index (χ0) is 14.5. The Balaban J connectivity index is 3.01. The lowest BCUT2D eigenvalue weighted by atomic mass is 10.6.